The molecule has 3 nitrogen and oxygen atoms in total. The Hall–Kier alpha value is -0.910. The van der Waals surface area contributed by atoms with Gasteiger partial charge in [0.2, 0.25) is 0 Å². The van der Waals surface area contributed by atoms with Gasteiger partial charge in [-0.3, -0.25) is 0 Å². The maximum absolute atomic E-state index is 4.20. The lowest BCUT2D eigenvalue weighted by Crippen LogP contribution is -2.11. The van der Waals surface area contributed by atoms with Crippen LogP contribution in [-0.2, 0) is 6.54 Å². The van der Waals surface area contributed by atoms with Crippen molar-refractivity contribution in [1.29, 1.82) is 0 Å². The molecule has 2 rings (SSSR count). The molecule has 1 aromatic carbocycles. The van der Waals surface area contributed by atoms with Gasteiger partial charge in [0.25, 0.3) is 0 Å². The second kappa shape index (κ2) is 6.87. The minimum absolute atomic E-state index is 0.884. The van der Waals surface area contributed by atoms with Gasteiger partial charge < -0.3 is 5.32 Å². The number of hydrogen-bond donors (Lipinski definition) is 1. The molecule has 0 saturated carbocycles. The predicted molar refractivity (Wildman–Crippen MR) is 77.7 cm³/mol. The van der Waals surface area contributed by atoms with Gasteiger partial charge >= 0.3 is 0 Å². The van der Waals surface area contributed by atoms with Crippen molar-refractivity contribution < 1.29 is 0 Å². The first-order valence-electron chi connectivity index (χ1n) is 5.72. The molecule has 18 heavy (non-hydrogen) atoms. The molecular weight excluding hydrogens is 310 g/mol. The van der Waals surface area contributed by atoms with Crippen LogP contribution in [0.5, 0.6) is 0 Å². The molecule has 0 fully saturated rings. The third-order valence-corrected chi connectivity index (χ3v) is 4.05. The fourth-order valence-electron chi connectivity index (χ4n) is 1.45. The molecule has 0 bridgehead atoms. The third kappa shape index (κ3) is 3.80. The van der Waals surface area contributed by atoms with E-state index in [1.54, 1.807) is 24.3 Å². The summed E-state index contributed by atoms with van der Waals surface area (Å²) in [6.07, 6.45) is 3.32. The smallest absolute Gasteiger partial charge is 0.116 e. The molecule has 1 N–H and O–H groups in total. The summed E-state index contributed by atoms with van der Waals surface area (Å²) in [5, 5.41) is 4.27. The van der Waals surface area contributed by atoms with Crippen LogP contribution in [0.25, 0.3) is 0 Å². The van der Waals surface area contributed by atoms with E-state index in [4.69, 9.17) is 0 Å². The summed E-state index contributed by atoms with van der Waals surface area (Å²) < 4.78 is 1.13. The van der Waals surface area contributed by atoms with Crippen molar-refractivity contribution in [2.75, 3.05) is 6.54 Å². The predicted octanol–water partition coefficient (Wildman–Crippen LogP) is 3.50. The lowest BCUT2D eigenvalue weighted by Gasteiger charge is -2.07. The fraction of sp³-hybridized carbons (Fsp3) is 0.231. The van der Waals surface area contributed by atoms with Gasteiger partial charge in [-0.25, -0.2) is 9.97 Å². The number of nitrogens with one attached hydrogen (secondary N) is 1. The molecule has 0 amide bonds. The third-order valence-electron chi connectivity index (χ3n) is 2.37. The Kier molecular flexibility index (Phi) is 5.16. The van der Waals surface area contributed by atoms with Crippen LogP contribution in [0.2, 0.25) is 0 Å². The minimum Gasteiger partial charge on any atom is -0.313 e. The number of rotatable bonds is 5. The largest absolute Gasteiger partial charge is 0.313 e. The minimum atomic E-state index is 0.884. The van der Waals surface area contributed by atoms with E-state index in [2.05, 4.69) is 56.3 Å². The van der Waals surface area contributed by atoms with E-state index >= 15 is 0 Å². The highest BCUT2D eigenvalue weighted by Gasteiger charge is 2.03. The van der Waals surface area contributed by atoms with Crippen LogP contribution in [0, 0.1) is 0 Å². The van der Waals surface area contributed by atoms with E-state index in [-0.39, 0.29) is 0 Å². The molecule has 2 aromatic rings. The fourth-order valence-corrected chi connectivity index (χ4v) is 2.91. The van der Waals surface area contributed by atoms with Gasteiger partial charge in [-0.1, -0.05) is 40.7 Å². The Bertz CT molecular complexity index is 505. The first kappa shape index (κ1) is 13.5. The molecule has 5 heteroatoms. The van der Waals surface area contributed by atoms with Crippen LogP contribution < -0.4 is 5.32 Å². The lowest BCUT2D eigenvalue weighted by atomic mass is 10.2. The monoisotopic (exact) mass is 323 g/mol. The molecule has 0 radical (unpaired) electrons. The number of benzene rings is 1. The van der Waals surface area contributed by atoms with Crippen molar-refractivity contribution in [2.45, 2.75) is 23.4 Å². The van der Waals surface area contributed by atoms with Gasteiger partial charge in [0.15, 0.2) is 0 Å². The van der Waals surface area contributed by atoms with Crippen molar-refractivity contribution in [1.82, 2.24) is 15.3 Å². The van der Waals surface area contributed by atoms with E-state index in [1.807, 2.05) is 6.07 Å². The van der Waals surface area contributed by atoms with E-state index in [0.717, 1.165) is 22.6 Å². The Morgan fingerprint density at radius 1 is 1.33 bits per heavy atom. The molecule has 0 atom stereocenters. The quantitative estimate of drug-likeness (QED) is 0.854. The molecule has 0 spiro atoms. The Labute approximate surface area is 120 Å². The van der Waals surface area contributed by atoms with Gasteiger partial charge in [0.05, 0.1) is 0 Å². The summed E-state index contributed by atoms with van der Waals surface area (Å²) in [6.45, 7) is 3.96. The summed E-state index contributed by atoms with van der Waals surface area (Å²) in [5.41, 5.74) is 1.27. The topological polar surface area (TPSA) is 37.8 Å². The van der Waals surface area contributed by atoms with Crippen LogP contribution in [0.4, 0.5) is 0 Å². The van der Waals surface area contributed by atoms with Crippen LogP contribution in [0.1, 0.15) is 12.5 Å². The van der Waals surface area contributed by atoms with E-state index in [9.17, 15) is 0 Å². The number of nitrogens with zero attached hydrogens (tertiary/aromatic N) is 2. The maximum Gasteiger partial charge on any atom is 0.116 e. The zero-order chi connectivity index (χ0) is 12.8. The van der Waals surface area contributed by atoms with Crippen LogP contribution in [0.3, 0.4) is 0 Å². The van der Waals surface area contributed by atoms with Crippen LogP contribution in [-0.4, -0.2) is 16.5 Å². The van der Waals surface area contributed by atoms with Gasteiger partial charge in [-0.05, 0) is 30.3 Å². The normalized spacial score (nSPS) is 10.6. The van der Waals surface area contributed by atoms with E-state index < -0.39 is 0 Å². The molecule has 94 valence electrons. The Morgan fingerprint density at radius 2 is 2.22 bits per heavy atom. The maximum atomic E-state index is 4.20. The van der Waals surface area contributed by atoms with E-state index in [1.165, 1.54) is 10.5 Å². The summed E-state index contributed by atoms with van der Waals surface area (Å²) in [7, 11) is 0. The van der Waals surface area contributed by atoms with E-state index in [0.29, 0.717) is 0 Å². The van der Waals surface area contributed by atoms with Crippen LogP contribution in [0.15, 0.2) is 51.2 Å². The highest BCUT2D eigenvalue weighted by molar-refractivity contribution is 9.10. The van der Waals surface area contributed by atoms with Gasteiger partial charge in [-0.15, -0.1) is 0 Å². The van der Waals surface area contributed by atoms with Crippen molar-refractivity contribution >= 4 is 27.7 Å². The molecule has 0 aliphatic carbocycles. The average molecular weight is 324 g/mol. The zero-order valence-electron chi connectivity index (χ0n) is 10.1. The molecule has 0 unspecified atom stereocenters. The molecular formula is C13H14BrN3S. The molecule has 1 aromatic heterocycles. The lowest BCUT2D eigenvalue weighted by molar-refractivity contribution is 0.724. The second-order valence-electron chi connectivity index (χ2n) is 3.68. The van der Waals surface area contributed by atoms with Crippen molar-refractivity contribution in [2.24, 2.45) is 0 Å². The van der Waals surface area contributed by atoms with Gasteiger partial charge in [0, 0.05) is 22.1 Å². The SMILES string of the molecule is CCNCc1ccc(Sc2ccncn2)cc1Br. The van der Waals surface area contributed by atoms with Gasteiger partial charge in [0.1, 0.15) is 11.4 Å². The molecule has 0 saturated heterocycles. The summed E-state index contributed by atoms with van der Waals surface area (Å²) in [5.74, 6) is 0. The average Bonchev–Trinajstić information content (AvgIpc) is 2.39. The van der Waals surface area contributed by atoms with Crippen LogP contribution >= 0.6 is 27.7 Å². The van der Waals surface area contributed by atoms with Crippen molar-refractivity contribution in [3.05, 3.63) is 46.8 Å². The standard InChI is InChI=1S/C13H14BrN3S/c1-2-15-8-10-3-4-11(7-12(10)14)18-13-5-6-16-9-17-13/h3-7,9,15H,2,8H2,1H3. The highest BCUT2D eigenvalue weighted by Crippen LogP contribution is 2.29. The van der Waals surface area contributed by atoms with Gasteiger partial charge in [-0.2, -0.15) is 0 Å². The molecule has 0 aliphatic rings. The summed E-state index contributed by atoms with van der Waals surface area (Å²) in [6, 6.07) is 8.28. The Balaban J connectivity index is 2.09. The first-order valence-corrected chi connectivity index (χ1v) is 7.33. The number of aromatic nitrogens is 2. The zero-order valence-corrected chi connectivity index (χ0v) is 12.5. The molecule has 1 heterocycles. The van der Waals surface area contributed by atoms with Crippen molar-refractivity contribution in [3.8, 4) is 0 Å². The summed E-state index contributed by atoms with van der Waals surface area (Å²) in [4.78, 5) is 9.28. The summed E-state index contributed by atoms with van der Waals surface area (Å²) >= 11 is 5.24. The Morgan fingerprint density at radius 3 is 2.89 bits per heavy atom. The second-order valence-corrected chi connectivity index (χ2v) is 5.63. The van der Waals surface area contributed by atoms with Crippen molar-refractivity contribution in [3.63, 3.8) is 0 Å². The number of halogens is 1. The number of hydrogen-bond acceptors (Lipinski definition) is 4. The first-order chi connectivity index (χ1) is 8.79. The highest BCUT2D eigenvalue weighted by atomic mass is 79.9. The molecule has 0 aliphatic heterocycles.